The molecule has 0 bridgehead atoms. The number of para-hydroxylation sites is 1. The van der Waals surface area contributed by atoms with Crippen LogP contribution < -0.4 is 4.74 Å². The zero-order valence-corrected chi connectivity index (χ0v) is 14.7. The molecular weight excluding hydrogens is 318 g/mol. The molecule has 1 saturated heterocycles. The van der Waals surface area contributed by atoms with Crippen molar-refractivity contribution in [2.24, 2.45) is 11.8 Å². The highest BCUT2D eigenvalue weighted by Gasteiger charge is 2.47. The van der Waals surface area contributed by atoms with E-state index in [9.17, 15) is 14.7 Å². The van der Waals surface area contributed by atoms with Gasteiger partial charge >= 0.3 is 0 Å². The first-order valence-corrected chi connectivity index (χ1v) is 8.89. The molecule has 0 radical (unpaired) electrons. The van der Waals surface area contributed by atoms with Crippen LogP contribution in [0.2, 0.25) is 0 Å². The maximum Gasteiger partial charge on any atom is 0.233 e. The lowest BCUT2D eigenvalue weighted by Crippen LogP contribution is -2.40. The highest BCUT2D eigenvalue weighted by atomic mass is 16.5. The largest absolute Gasteiger partial charge is 0.491 e. The number of aliphatic hydroxyl groups is 1. The quantitative estimate of drug-likeness (QED) is 0.637. The third kappa shape index (κ3) is 3.61. The summed E-state index contributed by atoms with van der Waals surface area (Å²) in [7, 11) is 0. The van der Waals surface area contributed by atoms with Gasteiger partial charge in [0.2, 0.25) is 11.8 Å². The van der Waals surface area contributed by atoms with Crippen molar-refractivity contribution >= 4 is 11.8 Å². The smallest absolute Gasteiger partial charge is 0.233 e. The van der Waals surface area contributed by atoms with E-state index >= 15 is 0 Å². The summed E-state index contributed by atoms with van der Waals surface area (Å²) < 4.78 is 5.75. The SMILES string of the molecule is CC(C)c1ccccc1OC[C@H](O)CN1C(=O)[C@H]2CC=CC[C@H]2C1=O. The second-order valence-electron chi connectivity index (χ2n) is 7.10. The van der Waals surface area contributed by atoms with Crippen molar-refractivity contribution in [3.8, 4) is 5.75 Å². The Morgan fingerprint density at radius 1 is 1.12 bits per heavy atom. The van der Waals surface area contributed by atoms with Crippen LogP contribution in [0.5, 0.6) is 5.75 Å². The van der Waals surface area contributed by atoms with E-state index in [-0.39, 0.29) is 36.8 Å². The molecule has 25 heavy (non-hydrogen) atoms. The highest BCUT2D eigenvalue weighted by molar-refractivity contribution is 6.05. The van der Waals surface area contributed by atoms with Crippen LogP contribution in [0.1, 0.15) is 38.2 Å². The van der Waals surface area contributed by atoms with Gasteiger partial charge in [-0.2, -0.15) is 0 Å². The molecule has 1 fully saturated rings. The van der Waals surface area contributed by atoms with Crippen molar-refractivity contribution in [2.75, 3.05) is 13.2 Å². The van der Waals surface area contributed by atoms with E-state index < -0.39 is 6.10 Å². The molecule has 1 N–H and O–H groups in total. The summed E-state index contributed by atoms with van der Waals surface area (Å²) in [6, 6.07) is 7.71. The number of carbonyl (C=O) groups is 2. The average Bonchev–Trinajstić information content (AvgIpc) is 2.85. The number of ether oxygens (including phenoxy) is 1. The van der Waals surface area contributed by atoms with E-state index in [1.165, 1.54) is 4.90 Å². The Morgan fingerprint density at radius 2 is 1.72 bits per heavy atom. The molecule has 134 valence electrons. The van der Waals surface area contributed by atoms with Crippen LogP contribution in [0.3, 0.4) is 0 Å². The summed E-state index contributed by atoms with van der Waals surface area (Å²) in [5, 5.41) is 10.3. The van der Waals surface area contributed by atoms with Crippen molar-refractivity contribution in [3.63, 3.8) is 0 Å². The van der Waals surface area contributed by atoms with Gasteiger partial charge < -0.3 is 9.84 Å². The second-order valence-corrected chi connectivity index (χ2v) is 7.10. The zero-order valence-electron chi connectivity index (χ0n) is 14.7. The molecule has 0 aromatic heterocycles. The van der Waals surface area contributed by atoms with Gasteiger partial charge in [-0.05, 0) is 30.4 Å². The third-order valence-corrected chi connectivity index (χ3v) is 4.96. The number of amides is 2. The summed E-state index contributed by atoms with van der Waals surface area (Å²) in [6.07, 6.45) is 4.23. The standard InChI is InChI=1S/C20H25NO4/c1-13(2)15-7-5-6-10-18(15)25-12-14(22)11-21-19(23)16-8-3-4-9-17(16)20(21)24/h3-7,10,13-14,16-17,22H,8-9,11-12H2,1-2H3/t14-,16-,17+/m1/s1. The fourth-order valence-corrected chi connectivity index (χ4v) is 3.59. The molecule has 1 aromatic carbocycles. The Balaban J connectivity index is 1.59. The van der Waals surface area contributed by atoms with Gasteiger partial charge in [0.25, 0.3) is 0 Å². The minimum atomic E-state index is -0.902. The van der Waals surface area contributed by atoms with Crippen molar-refractivity contribution < 1.29 is 19.4 Å². The molecule has 1 aliphatic heterocycles. The minimum Gasteiger partial charge on any atom is -0.491 e. The summed E-state index contributed by atoms with van der Waals surface area (Å²) in [6.45, 7) is 4.20. The van der Waals surface area contributed by atoms with Crippen molar-refractivity contribution in [1.82, 2.24) is 4.90 Å². The van der Waals surface area contributed by atoms with Gasteiger partial charge in [0.1, 0.15) is 18.5 Å². The van der Waals surface area contributed by atoms with Crippen LogP contribution in [0.4, 0.5) is 0 Å². The van der Waals surface area contributed by atoms with Gasteiger partial charge in [0.05, 0.1) is 18.4 Å². The minimum absolute atomic E-state index is 0.00544. The Morgan fingerprint density at radius 3 is 2.32 bits per heavy atom. The van der Waals surface area contributed by atoms with Gasteiger partial charge in [-0.3, -0.25) is 14.5 Å². The monoisotopic (exact) mass is 343 g/mol. The van der Waals surface area contributed by atoms with E-state index in [0.29, 0.717) is 18.8 Å². The molecular formula is C20H25NO4. The average molecular weight is 343 g/mol. The topological polar surface area (TPSA) is 66.8 Å². The zero-order chi connectivity index (χ0) is 18.0. The first-order valence-electron chi connectivity index (χ1n) is 8.89. The molecule has 1 heterocycles. The number of β-amino-alcohol motifs (C(OH)–C–C–N with tert-alkyl or cyclic N) is 1. The lowest BCUT2D eigenvalue weighted by Gasteiger charge is -2.20. The highest BCUT2D eigenvalue weighted by Crippen LogP contribution is 2.35. The summed E-state index contributed by atoms with van der Waals surface area (Å²) >= 11 is 0. The fraction of sp³-hybridized carbons (Fsp3) is 0.500. The molecule has 5 nitrogen and oxygen atoms in total. The van der Waals surface area contributed by atoms with Gasteiger partial charge in [0, 0.05) is 0 Å². The molecule has 2 aliphatic rings. The van der Waals surface area contributed by atoms with Crippen LogP contribution in [0.15, 0.2) is 36.4 Å². The van der Waals surface area contributed by atoms with Crippen molar-refractivity contribution in [2.45, 2.75) is 38.7 Å². The number of aliphatic hydroxyl groups excluding tert-OH is 1. The molecule has 1 aromatic rings. The third-order valence-electron chi connectivity index (χ3n) is 4.96. The van der Waals surface area contributed by atoms with E-state index in [1.807, 2.05) is 36.4 Å². The maximum absolute atomic E-state index is 12.4. The second kappa shape index (κ2) is 7.40. The van der Waals surface area contributed by atoms with Crippen LogP contribution in [0.25, 0.3) is 0 Å². The molecule has 0 spiro atoms. The number of likely N-dealkylation sites (tertiary alicyclic amines) is 1. The van der Waals surface area contributed by atoms with Crippen molar-refractivity contribution in [1.29, 1.82) is 0 Å². The molecule has 1 aliphatic carbocycles. The number of nitrogens with zero attached hydrogens (tertiary/aromatic N) is 1. The van der Waals surface area contributed by atoms with Gasteiger partial charge in [0.15, 0.2) is 0 Å². The van der Waals surface area contributed by atoms with Crippen LogP contribution >= 0.6 is 0 Å². The lowest BCUT2D eigenvalue weighted by atomic mass is 9.85. The number of carbonyl (C=O) groups excluding carboxylic acids is 2. The Hall–Kier alpha value is -2.14. The van der Waals surface area contributed by atoms with E-state index in [0.717, 1.165) is 11.3 Å². The Labute approximate surface area is 148 Å². The van der Waals surface area contributed by atoms with E-state index in [4.69, 9.17) is 4.74 Å². The summed E-state index contributed by atoms with van der Waals surface area (Å²) in [5.74, 6) is 0.195. The van der Waals surface area contributed by atoms with Gasteiger partial charge in [-0.25, -0.2) is 0 Å². The Kier molecular flexibility index (Phi) is 5.23. The molecule has 5 heteroatoms. The first-order chi connectivity index (χ1) is 12.0. The van der Waals surface area contributed by atoms with Crippen LogP contribution in [-0.4, -0.2) is 41.1 Å². The number of imide groups is 1. The number of hydrogen-bond donors (Lipinski definition) is 1. The number of fused-ring (bicyclic) bond motifs is 1. The van der Waals surface area contributed by atoms with Gasteiger partial charge in [-0.1, -0.05) is 44.2 Å². The summed E-state index contributed by atoms with van der Waals surface area (Å²) in [5.41, 5.74) is 1.07. The number of benzene rings is 1. The molecule has 3 atom stereocenters. The maximum atomic E-state index is 12.4. The molecule has 2 amide bonds. The first kappa shape index (κ1) is 17.7. The predicted molar refractivity (Wildman–Crippen MR) is 94.1 cm³/mol. The normalized spacial score (nSPS) is 23.9. The van der Waals surface area contributed by atoms with Crippen LogP contribution in [0, 0.1) is 11.8 Å². The molecule has 0 saturated carbocycles. The molecule has 0 unspecified atom stereocenters. The predicted octanol–water partition coefficient (Wildman–Crippen LogP) is 2.50. The molecule has 3 rings (SSSR count). The number of allylic oxidation sites excluding steroid dienone is 2. The van der Waals surface area contributed by atoms with Gasteiger partial charge in [-0.15, -0.1) is 0 Å². The van der Waals surface area contributed by atoms with Crippen molar-refractivity contribution in [3.05, 3.63) is 42.0 Å². The van der Waals surface area contributed by atoms with E-state index in [1.54, 1.807) is 0 Å². The van der Waals surface area contributed by atoms with E-state index in [2.05, 4.69) is 13.8 Å². The number of hydrogen-bond acceptors (Lipinski definition) is 4. The lowest BCUT2D eigenvalue weighted by molar-refractivity contribution is -0.141. The fourth-order valence-electron chi connectivity index (χ4n) is 3.59. The summed E-state index contributed by atoms with van der Waals surface area (Å²) in [4.78, 5) is 26.1. The Bertz CT molecular complexity index is 656. The van der Waals surface area contributed by atoms with Crippen LogP contribution in [-0.2, 0) is 9.59 Å². The number of rotatable bonds is 6.